The Kier molecular flexibility index (Phi) is 3.44. The Hall–Kier alpha value is -1.81. The van der Waals surface area contributed by atoms with E-state index in [4.69, 9.17) is 16.0 Å². The summed E-state index contributed by atoms with van der Waals surface area (Å²) in [5.74, 6) is 1.33. The molecule has 2 aromatic heterocycles. The second-order valence-electron chi connectivity index (χ2n) is 3.56. The average Bonchev–Trinajstić information content (AvgIpc) is 2.72. The van der Waals surface area contributed by atoms with Gasteiger partial charge in [0.1, 0.15) is 16.7 Å². The standard InChI is InChI=1S/C12H11ClN2O2/c1-8-2-3-10(17-8)7-15-12(16)9-4-5-14-11(13)6-9/h2-6H,7H2,1H3,(H,15,16). The van der Waals surface area contributed by atoms with Crippen molar-refractivity contribution in [1.29, 1.82) is 0 Å². The SMILES string of the molecule is Cc1ccc(CNC(=O)c2ccnc(Cl)c2)o1. The molecule has 0 unspecified atom stereocenters. The van der Waals surface area contributed by atoms with E-state index in [1.165, 1.54) is 12.3 Å². The first-order valence-electron chi connectivity index (χ1n) is 5.10. The molecule has 0 aromatic carbocycles. The molecule has 17 heavy (non-hydrogen) atoms. The first-order chi connectivity index (χ1) is 8.15. The number of rotatable bonds is 3. The number of aryl methyl sites for hydroxylation is 1. The van der Waals surface area contributed by atoms with Crippen molar-refractivity contribution >= 4 is 17.5 Å². The van der Waals surface area contributed by atoms with Crippen molar-refractivity contribution in [2.75, 3.05) is 0 Å². The molecule has 2 aromatic rings. The van der Waals surface area contributed by atoms with E-state index >= 15 is 0 Å². The molecule has 0 saturated carbocycles. The van der Waals surface area contributed by atoms with Gasteiger partial charge in [-0.2, -0.15) is 0 Å². The normalized spacial score (nSPS) is 10.2. The number of carbonyl (C=O) groups excluding carboxylic acids is 1. The fourth-order valence-electron chi connectivity index (χ4n) is 1.39. The molecule has 0 atom stereocenters. The van der Waals surface area contributed by atoms with Crippen molar-refractivity contribution in [3.63, 3.8) is 0 Å². The number of halogens is 1. The van der Waals surface area contributed by atoms with Gasteiger partial charge in [-0.25, -0.2) is 4.98 Å². The number of pyridine rings is 1. The van der Waals surface area contributed by atoms with Gasteiger partial charge in [-0.05, 0) is 31.2 Å². The van der Waals surface area contributed by atoms with Crippen molar-refractivity contribution in [3.05, 3.63) is 52.7 Å². The number of nitrogens with one attached hydrogen (secondary N) is 1. The summed E-state index contributed by atoms with van der Waals surface area (Å²) >= 11 is 5.70. The monoisotopic (exact) mass is 250 g/mol. The molecule has 1 N–H and O–H groups in total. The molecule has 5 heteroatoms. The zero-order valence-corrected chi connectivity index (χ0v) is 9.99. The largest absolute Gasteiger partial charge is 0.465 e. The lowest BCUT2D eigenvalue weighted by atomic mass is 10.2. The van der Waals surface area contributed by atoms with Crippen LogP contribution in [-0.2, 0) is 6.54 Å². The topological polar surface area (TPSA) is 55.1 Å². The van der Waals surface area contributed by atoms with Gasteiger partial charge in [-0.3, -0.25) is 4.79 Å². The van der Waals surface area contributed by atoms with Gasteiger partial charge in [-0.1, -0.05) is 11.6 Å². The second kappa shape index (κ2) is 5.01. The highest BCUT2D eigenvalue weighted by molar-refractivity contribution is 6.29. The van der Waals surface area contributed by atoms with Crippen molar-refractivity contribution in [2.24, 2.45) is 0 Å². The number of carbonyl (C=O) groups is 1. The Balaban J connectivity index is 1.98. The van der Waals surface area contributed by atoms with Gasteiger partial charge in [0.25, 0.3) is 5.91 Å². The van der Waals surface area contributed by atoms with Gasteiger partial charge in [-0.15, -0.1) is 0 Å². The average molecular weight is 251 g/mol. The summed E-state index contributed by atoms with van der Waals surface area (Å²) in [6.45, 7) is 2.21. The molecule has 0 fully saturated rings. The molecule has 88 valence electrons. The molecule has 4 nitrogen and oxygen atoms in total. The molecular weight excluding hydrogens is 240 g/mol. The predicted octanol–water partition coefficient (Wildman–Crippen LogP) is 2.57. The fourth-order valence-corrected chi connectivity index (χ4v) is 1.57. The van der Waals surface area contributed by atoms with Crippen LogP contribution in [0.1, 0.15) is 21.9 Å². The number of furan rings is 1. The van der Waals surface area contributed by atoms with Gasteiger partial charge in [0.2, 0.25) is 0 Å². The van der Waals surface area contributed by atoms with Gasteiger partial charge in [0, 0.05) is 11.8 Å². The Labute approximate surface area is 104 Å². The molecule has 0 saturated heterocycles. The maximum atomic E-state index is 11.7. The lowest BCUT2D eigenvalue weighted by Crippen LogP contribution is -2.22. The van der Waals surface area contributed by atoms with Crippen LogP contribution in [0.15, 0.2) is 34.9 Å². The smallest absolute Gasteiger partial charge is 0.251 e. The maximum absolute atomic E-state index is 11.7. The van der Waals surface area contributed by atoms with Crippen molar-refractivity contribution in [2.45, 2.75) is 13.5 Å². The lowest BCUT2D eigenvalue weighted by Gasteiger charge is -2.03. The van der Waals surface area contributed by atoms with E-state index in [1.54, 1.807) is 6.07 Å². The van der Waals surface area contributed by atoms with E-state index in [2.05, 4.69) is 10.3 Å². The van der Waals surface area contributed by atoms with Crippen molar-refractivity contribution in [1.82, 2.24) is 10.3 Å². The van der Waals surface area contributed by atoms with Crippen molar-refractivity contribution in [3.8, 4) is 0 Å². The van der Waals surface area contributed by atoms with Crippen LogP contribution in [0.3, 0.4) is 0 Å². The van der Waals surface area contributed by atoms with E-state index in [0.29, 0.717) is 17.3 Å². The molecule has 0 aliphatic rings. The Morgan fingerprint density at radius 2 is 2.29 bits per heavy atom. The minimum absolute atomic E-state index is 0.205. The predicted molar refractivity (Wildman–Crippen MR) is 63.9 cm³/mol. The van der Waals surface area contributed by atoms with E-state index in [0.717, 1.165) is 11.5 Å². The maximum Gasteiger partial charge on any atom is 0.251 e. The Bertz CT molecular complexity index is 537. The summed E-state index contributed by atoms with van der Waals surface area (Å²) in [6.07, 6.45) is 1.49. The highest BCUT2D eigenvalue weighted by Gasteiger charge is 2.07. The number of hydrogen-bond donors (Lipinski definition) is 1. The molecule has 2 rings (SSSR count). The zero-order chi connectivity index (χ0) is 12.3. The van der Waals surface area contributed by atoms with E-state index < -0.39 is 0 Å². The van der Waals surface area contributed by atoms with Crippen LogP contribution in [0, 0.1) is 6.92 Å². The zero-order valence-electron chi connectivity index (χ0n) is 9.24. The third-order valence-electron chi connectivity index (χ3n) is 2.21. The number of nitrogens with zero attached hydrogens (tertiary/aromatic N) is 1. The van der Waals surface area contributed by atoms with Crippen LogP contribution in [0.5, 0.6) is 0 Å². The van der Waals surface area contributed by atoms with Crippen LogP contribution < -0.4 is 5.32 Å². The van der Waals surface area contributed by atoms with Crippen molar-refractivity contribution < 1.29 is 9.21 Å². The third kappa shape index (κ3) is 3.07. The summed E-state index contributed by atoms with van der Waals surface area (Å²) in [6, 6.07) is 6.80. The first kappa shape index (κ1) is 11.7. The van der Waals surface area contributed by atoms with Crippen LogP contribution in [0.25, 0.3) is 0 Å². The van der Waals surface area contributed by atoms with Gasteiger partial charge < -0.3 is 9.73 Å². The van der Waals surface area contributed by atoms with Crippen LogP contribution in [0.2, 0.25) is 5.15 Å². The molecule has 1 amide bonds. The Morgan fingerprint density at radius 3 is 2.94 bits per heavy atom. The molecule has 0 radical (unpaired) electrons. The van der Waals surface area contributed by atoms with Crippen LogP contribution in [-0.4, -0.2) is 10.9 Å². The van der Waals surface area contributed by atoms with Crippen LogP contribution in [0.4, 0.5) is 0 Å². The molecular formula is C12H11ClN2O2. The lowest BCUT2D eigenvalue weighted by molar-refractivity contribution is 0.0948. The molecule has 2 heterocycles. The molecule has 0 bridgehead atoms. The highest BCUT2D eigenvalue weighted by Crippen LogP contribution is 2.08. The summed E-state index contributed by atoms with van der Waals surface area (Å²) in [7, 11) is 0. The molecule has 0 aliphatic heterocycles. The first-order valence-corrected chi connectivity index (χ1v) is 5.48. The minimum atomic E-state index is -0.205. The van der Waals surface area contributed by atoms with Gasteiger partial charge in [0.15, 0.2) is 0 Å². The van der Waals surface area contributed by atoms with Crippen LogP contribution >= 0.6 is 11.6 Å². The summed E-state index contributed by atoms with van der Waals surface area (Å²) in [5.41, 5.74) is 0.480. The summed E-state index contributed by atoms with van der Waals surface area (Å²) < 4.78 is 5.34. The van der Waals surface area contributed by atoms with E-state index in [1.807, 2.05) is 19.1 Å². The molecule has 0 aliphatic carbocycles. The quantitative estimate of drug-likeness (QED) is 0.852. The van der Waals surface area contributed by atoms with E-state index in [-0.39, 0.29) is 5.91 Å². The third-order valence-corrected chi connectivity index (χ3v) is 2.41. The van der Waals surface area contributed by atoms with E-state index in [9.17, 15) is 4.79 Å². The van der Waals surface area contributed by atoms with Gasteiger partial charge >= 0.3 is 0 Å². The summed E-state index contributed by atoms with van der Waals surface area (Å²) in [4.78, 5) is 15.5. The highest BCUT2D eigenvalue weighted by atomic mass is 35.5. The number of amides is 1. The minimum Gasteiger partial charge on any atom is -0.465 e. The Morgan fingerprint density at radius 1 is 1.47 bits per heavy atom. The fraction of sp³-hybridized carbons (Fsp3) is 0.167. The molecule has 0 spiro atoms. The summed E-state index contributed by atoms with van der Waals surface area (Å²) in [5, 5.41) is 3.03. The van der Waals surface area contributed by atoms with Gasteiger partial charge in [0.05, 0.1) is 6.54 Å². The second-order valence-corrected chi connectivity index (χ2v) is 3.95. The number of aromatic nitrogens is 1. The number of hydrogen-bond acceptors (Lipinski definition) is 3.